The zero-order valence-electron chi connectivity index (χ0n) is 16.7. The number of anilines is 1. The van der Waals surface area contributed by atoms with Crippen molar-refractivity contribution >= 4 is 35.2 Å². The Balaban J connectivity index is 1.85. The number of methoxy groups -OCH3 is 1. The van der Waals surface area contributed by atoms with Crippen LogP contribution in [-0.4, -0.2) is 47.8 Å². The minimum atomic E-state index is -0.789. The minimum absolute atomic E-state index is 0.174. The maximum atomic E-state index is 13.2. The molecule has 7 heteroatoms. The molecule has 0 bridgehead atoms. The Kier molecular flexibility index (Phi) is 6.65. The summed E-state index contributed by atoms with van der Waals surface area (Å²) in [4.78, 5) is 40.4. The van der Waals surface area contributed by atoms with Gasteiger partial charge >= 0.3 is 0 Å². The number of nitrogens with one attached hydrogen (secondary N) is 1. The van der Waals surface area contributed by atoms with Crippen LogP contribution in [0.1, 0.15) is 37.7 Å². The van der Waals surface area contributed by atoms with Crippen LogP contribution in [0.3, 0.4) is 0 Å². The third kappa shape index (κ3) is 4.04. The maximum absolute atomic E-state index is 13.2. The van der Waals surface area contributed by atoms with Gasteiger partial charge in [0.25, 0.3) is 0 Å². The van der Waals surface area contributed by atoms with Crippen molar-refractivity contribution in [1.29, 1.82) is 0 Å². The van der Waals surface area contributed by atoms with E-state index in [1.165, 1.54) is 4.90 Å². The SMILES string of the molecule is COc1ccc(C)cc1NC(=O)C(CCSC)N1C(=O)C2CCCCC2C1=O. The number of imide groups is 1. The van der Waals surface area contributed by atoms with Crippen molar-refractivity contribution in [3.05, 3.63) is 23.8 Å². The van der Waals surface area contributed by atoms with Crippen molar-refractivity contribution in [1.82, 2.24) is 4.90 Å². The van der Waals surface area contributed by atoms with Gasteiger partial charge in [-0.25, -0.2) is 0 Å². The zero-order valence-corrected chi connectivity index (χ0v) is 17.5. The number of carbonyl (C=O) groups excluding carboxylic acids is 3. The number of thioether (sulfide) groups is 1. The molecular weight excluding hydrogens is 376 g/mol. The van der Waals surface area contributed by atoms with Crippen LogP contribution in [-0.2, 0) is 14.4 Å². The molecule has 3 amide bonds. The lowest BCUT2D eigenvalue weighted by Crippen LogP contribution is -2.48. The maximum Gasteiger partial charge on any atom is 0.247 e. The predicted octanol–water partition coefficient (Wildman–Crippen LogP) is 3.24. The summed E-state index contributed by atoms with van der Waals surface area (Å²) in [6.45, 7) is 1.93. The van der Waals surface area contributed by atoms with Gasteiger partial charge in [-0.15, -0.1) is 0 Å². The molecule has 1 aromatic carbocycles. The first-order chi connectivity index (χ1) is 13.5. The summed E-state index contributed by atoms with van der Waals surface area (Å²) in [6, 6.07) is 4.74. The van der Waals surface area contributed by atoms with Gasteiger partial charge in [0.2, 0.25) is 17.7 Å². The number of aryl methyl sites for hydroxylation is 1. The first-order valence-electron chi connectivity index (χ1n) is 9.79. The molecule has 0 spiro atoms. The first-order valence-corrected chi connectivity index (χ1v) is 11.2. The number of likely N-dealkylation sites (tertiary alicyclic amines) is 1. The van der Waals surface area contributed by atoms with E-state index in [0.29, 0.717) is 23.6 Å². The highest BCUT2D eigenvalue weighted by atomic mass is 32.2. The standard InChI is InChI=1S/C21H28N2O4S/c1-13-8-9-18(27-2)16(12-13)22-19(24)17(10-11-28-3)23-20(25)14-6-4-5-7-15(14)21(23)26/h8-9,12,14-15,17H,4-7,10-11H2,1-3H3,(H,22,24). The van der Waals surface area contributed by atoms with E-state index < -0.39 is 6.04 Å². The van der Waals surface area contributed by atoms with Gasteiger partial charge in [0.05, 0.1) is 24.6 Å². The molecule has 1 aromatic rings. The van der Waals surface area contributed by atoms with Gasteiger partial charge in [-0.3, -0.25) is 19.3 Å². The lowest BCUT2D eigenvalue weighted by Gasteiger charge is -2.26. The van der Waals surface area contributed by atoms with Crippen LogP contribution in [0.4, 0.5) is 5.69 Å². The molecule has 2 aliphatic rings. The van der Waals surface area contributed by atoms with Crippen LogP contribution in [0.15, 0.2) is 18.2 Å². The van der Waals surface area contributed by atoms with Crippen LogP contribution in [0.5, 0.6) is 5.75 Å². The highest BCUT2D eigenvalue weighted by Gasteiger charge is 2.51. The number of ether oxygens (including phenoxy) is 1. The average Bonchev–Trinajstić information content (AvgIpc) is 2.94. The van der Waals surface area contributed by atoms with Crippen LogP contribution in [0.25, 0.3) is 0 Å². The lowest BCUT2D eigenvalue weighted by molar-refractivity contribution is -0.146. The van der Waals surface area contributed by atoms with E-state index in [1.54, 1.807) is 24.9 Å². The third-order valence-corrected chi connectivity index (χ3v) is 6.34. The van der Waals surface area contributed by atoms with E-state index >= 15 is 0 Å². The normalized spacial score (nSPS) is 22.8. The van der Waals surface area contributed by atoms with Gasteiger partial charge in [0.1, 0.15) is 11.8 Å². The highest BCUT2D eigenvalue weighted by Crippen LogP contribution is 2.39. The highest BCUT2D eigenvalue weighted by molar-refractivity contribution is 7.98. The van der Waals surface area contributed by atoms with E-state index in [0.717, 1.165) is 31.2 Å². The van der Waals surface area contributed by atoms with Crippen molar-refractivity contribution in [2.45, 2.75) is 45.1 Å². The molecule has 1 aliphatic carbocycles. The second-order valence-electron chi connectivity index (χ2n) is 7.53. The van der Waals surface area contributed by atoms with Crippen LogP contribution >= 0.6 is 11.8 Å². The summed E-state index contributed by atoms with van der Waals surface area (Å²) in [5.41, 5.74) is 1.54. The number of nitrogens with zero attached hydrogens (tertiary/aromatic N) is 1. The van der Waals surface area contributed by atoms with Crippen molar-refractivity contribution in [3.8, 4) is 5.75 Å². The smallest absolute Gasteiger partial charge is 0.247 e. The predicted molar refractivity (Wildman–Crippen MR) is 110 cm³/mol. The largest absolute Gasteiger partial charge is 0.495 e. The summed E-state index contributed by atoms with van der Waals surface area (Å²) in [7, 11) is 1.55. The molecule has 1 heterocycles. The first kappa shape index (κ1) is 20.7. The summed E-state index contributed by atoms with van der Waals surface area (Å²) in [6.07, 6.45) is 5.82. The number of hydrogen-bond acceptors (Lipinski definition) is 5. The Hall–Kier alpha value is -2.02. The lowest BCUT2D eigenvalue weighted by atomic mass is 9.81. The van der Waals surface area contributed by atoms with Gasteiger partial charge in [-0.2, -0.15) is 11.8 Å². The Morgan fingerprint density at radius 3 is 2.46 bits per heavy atom. The molecule has 3 unspecified atom stereocenters. The molecule has 28 heavy (non-hydrogen) atoms. The number of amides is 3. The summed E-state index contributed by atoms with van der Waals surface area (Å²) in [5, 5.41) is 2.89. The fraction of sp³-hybridized carbons (Fsp3) is 0.571. The minimum Gasteiger partial charge on any atom is -0.495 e. The number of rotatable bonds is 7. The Labute approximate surface area is 170 Å². The molecule has 6 nitrogen and oxygen atoms in total. The Morgan fingerprint density at radius 1 is 1.25 bits per heavy atom. The molecule has 1 saturated heterocycles. The average molecular weight is 405 g/mol. The summed E-state index contributed by atoms with van der Waals surface area (Å²) in [5.74, 6) is 0.0571. The second-order valence-corrected chi connectivity index (χ2v) is 8.52. The van der Waals surface area contributed by atoms with Crippen LogP contribution < -0.4 is 10.1 Å². The topological polar surface area (TPSA) is 75.7 Å². The van der Waals surface area contributed by atoms with Crippen molar-refractivity contribution < 1.29 is 19.1 Å². The zero-order chi connectivity index (χ0) is 20.3. The Bertz CT molecular complexity index is 743. The fourth-order valence-corrected chi connectivity index (χ4v) is 4.70. The van der Waals surface area contributed by atoms with E-state index in [2.05, 4.69) is 5.32 Å². The molecule has 2 fully saturated rings. The van der Waals surface area contributed by atoms with E-state index in [9.17, 15) is 14.4 Å². The molecule has 1 aliphatic heterocycles. The number of benzene rings is 1. The van der Waals surface area contributed by atoms with Gasteiger partial charge in [0.15, 0.2) is 0 Å². The Morgan fingerprint density at radius 2 is 1.89 bits per heavy atom. The number of hydrogen-bond donors (Lipinski definition) is 1. The van der Waals surface area contributed by atoms with Crippen molar-refractivity contribution in [2.24, 2.45) is 11.8 Å². The van der Waals surface area contributed by atoms with E-state index in [4.69, 9.17) is 4.74 Å². The molecule has 3 rings (SSSR count). The van der Waals surface area contributed by atoms with Crippen LogP contribution in [0, 0.1) is 18.8 Å². The molecule has 3 atom stereocenters. The van der Waals surface area contributed by atoms with Gasteiger partial charge < -0.3 is 10.1 Å². The number of fused-ring (bicyclic) bond motifs is 1. The second kappa shape index (κ2) is 8.99. The van der Waals surface area contributed by atoms with Gasteiger partial charge in [0, 0.05) is 0 Å². The van der Waals surface area contributed by atoms with Crippen molar-refractivity contribution in [2.75, 3.05) is 24.4 Å². The summed E-state index contributed by atoms with van der Waals surface area (Å²) >= 11 is 1.60. The molecule has 0 radical (unpaired) electrons. The number of carbonyl (C=O) groups is 3. The summed E-state index contributed by atoms with van der Waals surface area (Å²) < 4.78 is 5.34. The molecule has 152 valence electrons. The van der Waals surface area contributed by atoms with E-state index in [1.807, 2.05) is 25.3 Å². The molecule has 1 saturated carbocycles. The van der Waals surface area contributed by atoms with Crippen molar-refractivity contribution in [3.63, 3.8) is 0 Å². The van der Waals surface area contributed by atoms with E-state index in [-0.39, 0.29) is 29.6 Å². The van der Waals surface area contributed by atoms with Gasteiger partial charge in [-0.1, -0.05) is 18.9 Å². The molecule has 1 N–H and O–H groups in total. The van der Waals surface area contributed by atoms with Gasteiger partial charge in [-0.05, 0) is 55.9 Å². The molecule has 0 aromatic heterocycles. The molecular formula is C21H28N2O4S. The third-order valence-electron chi connectivity index (χ3n) is 5.70. The monoisotopic (exact) mass is 404 g/mol. The fourth-order valence-electron chi connectivity index (χ4n) is 4.24. The van der Waals surface area contributed by atoms with Crippen LogP contribution in [0.2, 0.25) is 0 Å². The quantitative estimate of drug-likeness (QED) is 0.706.